The van der Waals surface area contributed by atoms with Crippen LogP contribution in [0.15, 0.2) is 22.6 Å². The summed E-state index contributed by atoms with van der Waals surface area (Å²) < 4.78 is 23.2. The molecule has 0 aliphatic heterocycles. The van der Waals surface area contributed by atoms with Crippen molar-refractivity contribution in [3.8, 4) is 22.8 Å². The second-order valence-electron chi connectivity index (χ2n) is 4.34. The molecule has 0 aliphatic carbocycles. The fourth-order valence-corrected chi connectivity index (χ4v) is 2.00. The number of carbonyl (C=O) groups is 2. The van der Waals surface area contributed by atoms with Crippen LogP contribution >= 0.6 is 11.6 Å². The fraction of sp³-hybridized carbons (Fsp3) is 0.143. The first kappa shape index (κ1) is 15.8. The lowest BCUT2D eigenvalue weighted by molar-refractivity contribution is -0.132. The lowest BCUT2D eigenvalue weighted by atomic mass is 10.1. The van der Waals surface area contributed by atoms with Crippen molar-refractivity contribution in [1.29, 1.82) is 0 Å². The van der Waals surface area contributed by atoms with E-state index in [4.69, 9.17) is 20.8 Å². The van der Waals surface area contributed by atoms with Gasteiger partial charge in [-0.05, 0) is 18.2 Å². The molecule has 116 valence electrons. The van der Waals surface area contributed by atoms with Crippen molar-refractivity contribution < 1.29 is 28.2 Å². The number of benzene rings is 1. The maximum Gasteiger partial charge on any atom is 0.308 e. The van der Waals surface area contributed by atoms with Crippen LogP contribution in [-0.4, -0.2) is 17.0 Å². The Morgan fingerprint density at radius 3 is 2.59 bits per heavy atom. The molecule has 0 saturated heterocycles. The van der Waals surface area contributed by atoms with Gasteiger partial charge in [0.05, 0.1) is 5.02 Å². The van der Waals surface area contributed by atoms with Crippen molar-refractivity contribution in [2.75, 3.05) is 5.32 Å². The van der Waals surface area contributed by atoms with Crippen LogP contribution in [0.1, 0.15) is 13.8 Å². The maximum absolute atomic E-state index is 13.1. The van der Waals surface area contributed by atoms with E-state index in [9.17, 15) is 19.1 Å². The Morgan fingerprint density at radius 2 is 2.05 bits per heavy atom. The van der Waals surface area contributed by atoms with Gasteiger partial charge in [-0.2, -0.15) is 0 Å². The number of carbonyl (C=O) groups excluding carboxylic acids is 2. The molecule has 22 heavy (non-hydrogen) atoms. The summed E-state index contributed by atoms with van der Waals surface area (Å²) in [7, 11) is 0. The van der Waals surface area contributed by atoms with Gasteiger partial charge in [0, 0.05) is 19.4 Å². The first-order valence-electron chi connectivity index (χ1n) is 6.06. The van der Waals surface area contributed by atoms with Crippen LogP contribution in [0.25, 0.3) is 11.3 Å². The second-order valence-corrected chi connectivity index (χ2v) is 4.74. The second kappa shape index (κ2) is 6.07. The Kier molecular flexibility index (Phi) is 4.37. The van der Waals surface area contributed by atoms with E-state index in [2.05, 4.69) is 5.32 Å². The Balaban J connectivity index is 2.59. The van der Waals surface area contributed by atoms with E-state index in [-0.39, 0.29) is 28.0 Å². The minimum Gasteiger partial charge on any atom is -0.502 e. The van der Waals surface area contributed by atoms with Crippen molar-refractivity contribution in [1.82, 2.24) is 0 Å². The van der Waals surface area contributed by atoms with Crippen LogP contribution in [0.3, 0.4) is 0 Å². The topological polar surface area (TPSA) is 88.8 Å². The lowest BCUT2D eigenvalue weighted by Crippen LogP contribution is -2.08. The largest absolute Gasteiger partial charge is 0.502 e. The number of rotatable bonds is 3. The third kappa shape index (κ3) is 3.20. The third-order valence-corrected chi connectivity index (χ3v) is 2.86. The third-order valence-electron chi connectivity index (χ3n) is 2.55. The molecule has 0 saturated carbocycles. The number of anilines is 1. The number of furan rings is 1. The van der Waals surface area contributed by atoms with E-state index in [1.807, 2.05) is 0 Å². The zero-order valence-corrected chi connectivity index (χ0v) is 12.3. The van der Waals surface area contributed by atoms with E-state index in [0.29, 0.717) is 0 Å². The summed E-state index contributed by atoms with van der Waals surface area (Å²) in [5.74, 6) is -3.09. The van der Waals surface area contributed by atoms with Crippen molar-refractivity contribution in [2.24, 2.45) is 0 Å². The van der Waals surface area contributed by atoms with E-state index in [1.165, 1.54) is 13.0 Å². The average Bonchev–Trinajstić information content (AvgIpc) is 2.66. The molecule has 0 unspecified atom stereocenters. The van der Waals surface area contributed by atoms with Gasteiger partial charge in [0.2, 0.25) is 23.3 Å². The Bertz CT molecular complexity index is 756. The number of amides is 1. The molecule has 0 bridgehead atoms. The van der Waals surface area contributed by atoms with Gasteiger partial charge in [0.25, 0.3) is 0 Å². The fourth-order valence-electron chi connectivity index (χ4n) is 1.74. The van der Waals surface area contributed by atoms with Crippen LogP contribution < -0.4 is 10.1 Å². The Hall–Kier alpha value is -2.54. The number of aromatic hydroxyl groups is 1. The van der Waals surface area contributed by atoms with Gasteiger partial charge >= 0.3 is 5.97 Å². The molecule has 1 aromatic heterocycles. The highest BCUT2D eigenvalue weighted by molar-refractivity contribution is 6.33. The summed E-state index contributed by atoms with van der Waals surface area (Å²) >= 11 is 5.90. The minimum atomic E-state index is -0.723. The van der Waals surface area contributed by atoms with Crippen molar-refractivity contribution >= 4 is 29.4 Å². The number of hydrogen-bond donors (Lipinski definition) is 2. The van der Waals surface area contributed by atoms with Crippen molar-refractivity contribution in [3.63, 3.8) is 0 Å². The average molecular weight is 328 g/mol. The highest BCUT2D eigenvalue weighted by Gasteiger charge is 2.26. The first-order valence-corrected chi connectivity index (χ1v) is 6.44. The molecule has 0 radical (unpaired) electrons. The molecule has 0 fully saturated rings. The van der Waals surface area contributed by atoms with Crippen LogP contribution in [0.2, 0.25) is 5.02 Å². The van der Waals surface area contributed by atoms with Gasteiger partial charge in [-0.3, -0.25) is 14.9 Å². The molecule has 6 nitrogen and oxygen atoms in total. The highest BCUT2D eigenvalue weighted by Crippen LogP contribution is 2.47. The number of hydrogen-bond acceptors (Lipinski definition) is 5. The zero-order valence-electron chi connectivity index (χ0n) is 11.6. The van der Waals surface area contributed by atoms with Gasteiger partial charge < -0.3 is 14.3 Å². The van der Waals surface area contributed by atoms with E-state index in [0.717, 1.165) is 19.1 Å². The van der Waals surface area contributed by atoms with Gasteiger partial charge in [-0.25, -0.2) is 4.39 Å². The molecule has 1 aromatic carbocycles. The van der Waals surface area contributed by atoms with Gasteiger partial charge in [-0.15, -0.1) is 0 Å². The lowest BCUT2D eigenvalue weighted by Gasteiger charge is -2.02. The van der Waals surface area contributed by atoms with E-state index < -0.39 is 23.4 Å². The number of esters is 1. The van der Waals surface area contributed by atoms with Gasteiger partial charge in [0.15, 0.2) is 5.76 Å². The summed E-state index contributed by atoms with van der Waals surface area (Å²) in [6.45, 7) is 2.33. The van der Waals surface area contributed by atoms with E-state index >= 15 is 0 Å². The SMILES string of the molecule is CC(=O)Nc1oc(-c2ccc(F)cc2Cl)c(O)c1OC(C)=O. The summed E-state index contributed by atoms with van der Waals surface area (Å²) in [4.78, 5) is 22.2. The van der Waals surface area contributed by atoms with Crippen molar-refractivity contribution in [3.05, 3.63) is 29.0 Å². The Labute approximate surface area is 129 Å². The zero-order chi connectivity index (χ0) is 16.4. The summed E-state index contributed by atoms with van der Waals surface area (Å²) in [5, 5.41) is 12.4. The molecular formula is C14H11ClFNO5. The highest BCUT2D eigenvalue weighted by atomic mass is 35.5. The molecule has 8 heteroatoms. The number of nitrogens with one attached hydrogen (secondary N) is 1. The summed E-state index contributed by atoms with van der Waals surface area (Å²) in [6.07, 6.45) is 0. The number of halogens is 2. The molecule has 0 aliphatic rings. The normalized spacial score (nSPS) is 10.4. The van der Waals surface area contributed by atoms with Crippen LogP contribution in [0.4, 0.5) is 10.3 Å². The molecule has 1 amide bonds. The molecule has 2 rings (SSSR count). The smallest absolute Gasteiger partial charge is 0.308 e. The maximum atomic E-state index is 13.1. The minimum absolute atomic E-state index is 0.0206. The molecule has 0 spiro atoms. The molecule has 2 aromatic rings. The summed E-state index contributed by atoms with van der Waals surface area (Å²) in [6, 6.07) is 3.43. The predicted molar refractivity (Wildman–Crippen MR) is 76.4 cm³/mol. The van der Waals surface area contributed by atoms with Crippen LogP contribution in [0.5, 0.6) is 11.5 Å². The number of ether oxygens (including phenoxy) is 1. The monoisotopic (exact) mass is 327 g/mol. The Morgan fingerprint density at radius 1 is 1.36 bits per heavy atom. The van der Waals surface area contributed by atoms with Gasteiger partial charge in [-0.1, -0.05) is 11.6 Å². The quantitative estimate of drug-likeness (QED) is 0.844. The summed E-state index contributed by atoms with van der Waals surface area (Å²) in [5.41, 5.74) is 0.172. The van der Waals surface area contributed by atoms with Crippen molar-refractivity contribution in [2.45, 2.75) is 13.8 Å². The first-order chi connectivity index (χ1) is 10.3. The standard InChI is InChI=1S/C14H11ClFNO5/c1-6(18)17-14-13(21-7(2)19)11(20)12(22-14)9-4-3-8(16)5-10(9)15/h3-5,20H,1-2H3,(H,17,18). The molecule has 0 atom stereocenters. The molecule has 1 heterocycles. The molecule has 2 N–H and O–H groups in total. The van der Waals surface area contributed by atoms with Crippen LogP contribution in [-0.2, 0) is 9.59 Å². The predicted octanol–water partition coefficient (Wildman–Crippen LogP) is 3.33. The van der Waals surface area contributed by atoms with Crippen LogP contribution in [0, 0.1) is 5.82 Å². The molecular weight excluding hydrogens is 317 g/mol. The van der Waals surface area contributed by atoms with E-state index in [1.54, 1.807) is 0 Å². The van der Waals surface area contributed by atoms with Gasteiger partial charge in [0.1, 0.15) is 5.82 Å².